The van der Waals surface area contributed by atoms with Crippen molar-refractivity contribution < 1.29 is 4.74 Å². The summed E-state index contributed by atoms with van der Waals surface area (Å²) in [6.45, 7) is 8.39. The summed E-state index contributed by atoms with van der Waals surface area (Å²) in [4.78, 5) is 2.61. The lowest BCUT2D eigenvalue weighted by atomic mass is 10.1. The molecule has 4 rings (SSSR count). The molecule has 1 aromatic heterocycles. The number of aryl methyl sites for hydroxylation is 2. The second kappa shape index (κ2) is 7.30. The molecular weight excluding hydrogens is 310 g/mol. The van der Waals surface area contributed by atoms with Crippen molar-refractivity contribution in [3.8, 4) is 5.69 Å². The molecule has 1 aromatic carbocycles. The van der Waals surface area contributed by atoms with E-state index in [1.165, 1.54) is 43.5 Å². The molecule has 0 amide bonds. The highest BCUT2D eigenvalue weighted by Crippen LogP contribution is 2.31. The van der Waals surface area contributed by atoms with E-state index in [0.29, 0.717) is 6.10 Å². The molecule has 2 fully saturated rings. The number of ether oxygens (including phenoxy) is 1. The van der Waals surface area contributed by atoms with Gasteiger partial charge >= 0.3 is 0 Å². The van der Waals surface area contributed by atoms with E-state index in [1.54, 1.807) is 0 Å². The van der Waals surface area contributed by atoms with Crippen molar-refractivity contribution in [2.45, 2.75) is 52.2 Å². The average Bonchev–Trinajstić information content (AvgIpc) is 3.11. The van der Waals surface area contributed by atoms with E-state index in [4.69, 9.17) is 4.74 Å². The van der Waals surface area contributed by atoms with Crippen molar-refractivity contribution in [1.82, 2.24) is 14.7 Å². The molecule has 4 nitrogen and oxygen atoms in total. The normalized spacial score (nSPS) is 20.5. The van der Waals surface area contributed by atoms with Gasteiger partial charge in [0.05, 0.1) is 17.5 Å². The zero-order chi connectivity index (χ0) is 17.2. The Morgan fingerprint density at radius 3 is 2.72 bits per heavy atom. The SMILES string of the molecule is Cc1cc(C)n(-c2cccc(CN(CC3CC3)C[C@@H]3CCCO3)c2)n1. The number of nitrogens with zero attached hydrogens (tertiary/aromatic N) is 3. The molecule has 1 saturated heterocycles. The maximum absolute atomic E-state index is 5.88. The van der Waals surface area contributed by atoms with Crippen molar-refractivity contribution >= 4 is 0 Å². The monoisotopic (exact) mass is 339 g/mol. The fourth-order valence-electron chi connectivity index (χ4n) is 3.88. The maximum atomic E-state index is 5.88. The van der Waals surface area contributed by atoms with Crippen LogP contribution in [0.15, 0.2) is 30.3 Å². The van der Waals surface area contributed by atoms with Crippen LogP contribution in [-0.4, -0.2) is 40.5 Å². The van der Waals surface area contributed by atoms with Gasteiger partial charge in [-0.2, -0.15) is 5.10 Å². The molecule has 1 aliphatic heterocycles. The first-order valence-electron chi connectivity index (χ1n) is 9.64. The topological polar surface area (TPSA) is 30.3 Å². The van der Waals surface area contributed by atoms with Crippen LogP contribution in [0, 0.1) is 19.8 Å². The molecule has 0 bridgehead atoms. The zero-order valence-corrected chi connectivity index (χ0v) is 15.4. The summed E-state index contributed by atoms with van der Waals surface area (Å²) in [6.07, 6.45) is 5.65. The van der Waals surface area contributed by atoms with Crippen LogP contribution in [0.4, 0.5) is 0 Å². The number of hydrogen-bond donors (Lipinski definition) is 0. The van der Waals surface area contributed by atoms with Crippen LogP contribution in [0.3, 0.4) is 0 Å². The van der Waals surface area contributed by atoms with E-state index < -0.39 is 0 Å². The van der Waals surface area contributed by atoms with E-state index in [2.05, 4.69) is 47.3 Å². The van der Waals surface area contributed by atoms with Gasteiger partial charge in [0, 0.05) is 31.9 Å². The highest BCUT2D eigenvalue weighted by molar-refractivity contribution is 5.37. The van der Waals surface area contributed by atoms with E-state index in [0.717, 1.165) is 37.0 Å². The molecule has 2 aromatic rings. The molecule has 0 unspecified atom stereocenters. The molecule has 134 valence electrons. The summed E-state index contributed by atoms with van der Waals surface area (Å²) in [6, 6.07) is 11.0. The van der Waals surface area contributed by atoms with E-state index >= 15 is 0 Å². The Labute approximate surface area is 150 Å². The van der Waals surface area contributed by atoms with E-state index in [1.807, 2.05) is 11.6 Å². The Kier molecular flexibility index (Phi) is 4.91. The van der Waals surface area contributed by atoms with Gasteiger partial charge in [-0.15, -0.1) is 0 Å². The summed E-state index contributed by atoms with van der Waals surface area (Å²) >= 11 is 0. The van der Waals surface area contributed by atoms with Gasteiger partial charge in [-0.3, -0.25) is 4.90 Å². The lowest BCUT2D eigenvalue weighted by molar-refractivity contribution is 0.0689. The molecule has 0 spiro atoms. The third-order valence-corrected chi connectivity index (χ3v) is 5.27. The fourth-order valence-corrected chi connectivity index (χ4v) is 3.88. The summed E-state index contributed by atoms with van der Waals surface area (Å²) in [5, 5.41) is 4.63. The molecule has 25 heavy (non-hydrogen) atoms. The largest absolute Gasteiger partial charge is 0.377 e. The minimum atomic E-state index is 0.429. The van der Waals surface area contributed by atoms with Gasteiger partial charge in [-0.05, 0) is 69.2 Å². The Morgan fingerprint density at radius 2 is 2.04 bits per heavy atom. The number of rotatable bonds is 7. The van der Waals surface area contributed by atoms with Gasteiger partial charge in [0.1, 0.15) is 0 Å². The van der Waals surface area contributed by atoms with Crippen LogP contribution in [0.1, 0.15) is 42.6 Å². The van der Waals surface area contributed by atoms with Crippen LogP contribution >= 0.6 is 0 Å². The lowest BCUT2D eigenvalue weighted by Gasteiger charge is -2.25. The molecular formula is C21H29N3O. The highest BCUT2D eigenvalue weighted by Gasteiger charge is 2.27. The summed E-state index contributed by atoms with van der Waals surface area (Å²) in [5.74, 6) is 0.903. The van der Waals surface area contributed by atoms with Gasteiger partial charge in [0.2, 0.25) is 0 Å². The van der Waals surface area contributed by atoms with E-state index in [9.17, 15) is 0 Å². The minimum Gasteiger partial charge on any atom is -0.377 e. The van der Waals surface area contributed by atoms with Crippen LogP contribution in [0.25, 0.3) is 5.69 Å². The number of benzene rings is 1. The van der Waals surface area contributed by atoms with Crippen molar-refractivity contribution in [3.05, 3.63) is 47.3 Å². The van der Waals surface area contributed by atoms with Crippen LogP contribution < -0.4 is 0 Å². The second-order valence-corrected chi connectivity index (χ2v) is 7.78. The van der Waals surface area contributed by atoms with Crippen molar-refractivity contribution in [1.29, 1.82) is 0 Å². The van der Waals surface area contributed by atoms with Gasteiger partial charge in [0.15, 0.2) is 0 Å². The maximum Gasteiger partial charge on any atom is 0.0702 e. The predicted molar refractivity (Wildman–Crippen MR) is 100 cm³/mol. The number of aromatic nitrogens is 2. The molecule has 0 radical (unpaired) electrons. The Hall–Kier alpha value is -1.65. The first-order chi connectivity index (χ1) is 12.2. The smallest absolute Gasteiger partial charge is 0.0702 e. The Balaban J connectivity index is 1.49. The van der Waals surface area contributed by atoms with Crippen LogP contribution in [0.2, 0.25) is 0 Å². The summed E-state index contributed by atoms with van der Waals surface area (Å²) in [7, 11) is 0. The van der Waals surface area contributed by atoms with Gasteiger partial charge in [-0.25, -0.2) is 4.68 Å². The molecule has 0 N–H and O–H groups in total. The molecule has 1 atom stereocenters. The molecule has 1 saturated carbocycles. The first kappa shape index (κ1) is 16.8. The molecule has 4 heteroatoms. The van der Waals surface area contributed by atoms with Gasteiger partial charge < -0.3 is 4.74 Å². The Bertz CT molecular complexity index is 714. The Morgan fingerprint density at radius 1 is 1.16 bits per heavy atom. The van der Waals surface area contributed by atoms with Crippen molar-refractivity contribution in [2.24, 2.45) is 5.92 Å². The van der Waals surface area contributed by atoms with Crippen molar-refractivity contribution in [2.75, 3.05) is 19.7 Å². The number of hydrogen-bond acceptors (Lipinski definition) is 3. The predicted octanol–water partition coefficient (Wildman–Crippen LogP) is 3.88. The van der Waals surface area contributed by atoms with Gasteiger partial charge in [-0.1, -0.05) is 12.1 Å². The third-order valence-electron chi connectivity index (χ3n) is 5.27. The first-order valence-corrected chi connectivity index (χ1v) is 9.64. The van der Waals surface area contributed by atoms with Gasteiger partial charge in [0.25, 0.3) is 0 Å². The zero-order valence-electron chi connectivity index (χ0n) is 15.4. The third kappa shape index (κ3) is 4.31. The molecule has 2 aliphatic rings. The van der Waals surface area contributed by atoms with Crippen LogP contribution in [0.5, 0.6) is 0 Å². The minimum absolute atomic E-state index is 0.429. The average molecular weight is 339 g/mol. The second-order valence-electron chi connectivity index (χ2n) is 7.78. The fraction of sp³-hybridized carbons (Fsp3) is 0.571. The van der Waals surface area contributed by atoms with E-state index in [-0.39, 0.29) is 0 Å². The quantitative estimate of drug-likeness (QED) is 0.767. The lowest BCUT2D eigenvalue weighted by Crippen LogP contribution is -2.33. The molecule has 1 aliphatic carbocycles. The van der Waals surface area contributed by atoms with Crippen molar-refractivity contribution in [3.63, 3.8) is 0 Å². The highest BCUT2D eigenvalue weighted by atomic mass is 16.5. The summed E-state index contributed by atoms with van der Waals surface area (Å²) in [5.41, 5.74) is 4.77. The summed E-state index contributed by atoms with van der Waals surface area (Å²) < 4.78 is 7.92. The molecule has 2 heterocycles. The van der Waals surface area contributed by atoms with Crippen LogP contribution in [-0.2, 0) is 11.3 Å². The standard InChI is InChI=1S/C21H29N3O/c1-16-11-17(2)24(22-16)20-6-3-5-19(12-20)14-23(13-18-8-9-18)15-21-7-4-10-25-21/h3,5-6,11-12,18,21H,4,7-10,13-15H2,1-2H3/t21-/m0/s1.